The minimum absolute atomic E-state index is 0.0968. The van der Waals surface area contributed by atoms with Gasteiger partial charge in [0.15, 0.2) is 0 Å². The largest absolute Gasteiger partial charge is 0.375 e. The van der Waals surface area contributed by atoms with Crippen LogP contribution in [0.4, 0.5) is 5.95 Å². The lowest BCUT2D eigenvalue weighted by atomic mass is 10.0. The molecule has 1 amide bonds. The minimum Gasteiger partial charge on any atom is -0.375 e. The van der Waals surface area contributed by atoms with Gasteiger partial charge < -0.3 is 9.47 Å². The number of pyridine rings is 1. The maximum atomic E-state index is 12.2. The van der Waals surface area contributed by atoms with Crippen molar-refractivity contribution in [3.8, 4) is 35.0 Å². The molecule has 0 radical (unpaired) electrons. The van der Waals surface area contributed by atoms with Crippen molar-refractivity contribution in [2.75, 3.05) is 26.1 Å². The van der Waals surface area contributed by atoms with E-state index in [0.717, 1.165) is 17.0 Å². The SMILES string of the molecule is C#Cc1cccc(-c2cc(-c3cn(Cc4cccc(C(OC)C(C)C)n4)nn3)nc(NC(=O)COC)n2)c1. The van der Waals surface area contributed by atoms with Crippen molar-refractivity contribution in [2.45, 2.75) is 26.5 Å². The van der Waals surface area contributed by atoms with E-state index in [0.29, 0.717) is 29.2 Å². The number of nitrogens with zero attached hydrogens (tertiary/aromatic N) is 6. The van der Waals surface area contributed by atoms with Crippen molar-refractivity contribution in [1.29, 1.82) is 0 Å². The molecule has 1 aromatic carbocycles. The molecule has 10 nitrogen and oxygen atoms in total. The van der Waals surface area contributed by atoms with Crippen LogP contribution >= 0.6 is 0 Å². The molecule has 0 aliphatic carbocycles. The summed E-state index contributed by atoms with van der Waals surface area (Å²) in [7, 11) is 3.13. The second kappa shape index (κ2) is 12.2. The van der Waals surface area contributed by atoms with Gasteiger partial charge in [0.05, 0.1) is 35.5 Å². The number of amides is 1. The summed E-state index contributed by atoms with van der Waals surface area (Å²) in [5.41, 5.74) is 4.75. The number of aromatic nitrogens is 6. The van der Waals surface area contributed by atoms with Crippen molar-refractivity contribution in [1.82, 2.24) is 29.9 Å². The summed E-state index contributed by atoms with van der Waals surface area (Å²) in [6, 6.07) is 15.0. The van der Waals surface area contributed by atoms with E-state index in [9.17, 15) is 4.79 Å². The molecule has 4 rings (SSSR count). The minimum atomic E-state index is -0.377. The smallest absolute Gasteiger partial charge is 0.252 e. The average molecular weight is 512 g/mol. The highest BCUT2D eigenvalue weighted by molar-refractivity contribution is 5.90. The molecule has 1 atom stereocenters. The first-order valence-electron chi connectivity index (χ1n) is 12.0. The molecule has 0 bridgehead atoms. The van der Waals surface area contributed by atoms with Crippen molar-refractivity contribution in [3.63, 3.8) is 0 Å². The molecule has 0 saturated carbocycles. The number of rotatable bonds is 10. The molecule has 4 aromatic rings. The van der Waals surface area contributed by atoms with Gasteiger partial charge in [0, 0.05) is 25.3 Å². The number of benzene rings is 1. The molecule has 0 aliphatic rings. The van der Waals surface area contributed by atoms with Crippen LogP contribution in [-0.2, 0) is 20.8 Å². The molecule has 0 saturated heterocycles. The number of anilines is 1. The molecule has 194 valence electrons. The fourth-order valence-electron chi connectivity index (χ4n) is 3.98. The van der Waals surface area contributed by atoms with Crippen LogP contribution in [0.5, 0.6) is 0 Å². The molecule has 1 N–H and O–H groups in total. The summed E-state index contributed by atoms with van der Waals surface area (Å²) in [6.07, 6.45) is 7.25. The summed E-state index contributed by atoms with van der Waals surface area (Å²) in [6.45, 7) is 4.47. The van der Waals surface area contributed by atoms with Crippen LogP contribution in [0, 0.1) is 18.3 Å². The van der Waals surface area contributed by atoms with Crippen molar-refractivity contribution in [2.24, 2.45) is 5.92 Å². The van der Waals surface area contributed by atoms with E-state index < -0.39 is 0 Å². The van der Waals surface area contributed by atoms with E-state index in [4.69, 9.17) is 20.9 Å². The van der Waals surface area contributed by atoms with Gasteiger partial charge in [-0.2, -0.15) is 0 Å². The first kappa shape index (κ1) is 26.6. The number of hydrogen-bond acceptors (Lipinski definition) is 8. The summed E-state index contributed by atoms with van der Waals surface area (Å²) in [4.78, 5) is 25.9. The summed E-state index contributed by atoms with van der Waals surface area (Å²) in [5.74, 6) is 2.65. The predicted octanol–water partition coefficient (Wildman–Crippen LogP) is 3.76. The van der Waals surface area contributed by atoms with Crippen LogP contribution in [0.1, 0.15) is 36.9 Å². The molecule has 38 heavy (non-hydrogen) atoms. The zero-order chi connectivity index (χ0) is 27.1. The van der Waals surface area contributed by atoms with Crippen LogP contribution in [-0.4, -0.2) is 56.7 Å². The number of carbonyl (C=O) groups excluding carboxylic acids is 1. The molecular weight excluding hydrogens is 482 g/mol. The number of carbonyl (C=O) groups is 1. The van der Waals surface area contributed by atoms with Crippen LogP contribution in [0.15, 0.2) is 54.7 Å². The maximum Gasteiger partial charge on any atom is 0.252 e. The lowest BCUT2D eigenvalue weighted by molar-refractivity contribution is -0.119. The van der Waals surface area contributed by atoms with Crippen LogP contribution in [0.2, 0.25) is 0 Å². The van der Waals surface area contributed by atoms with E-state index in [-0.39, 0.29) is 30.5 Å². The van der Waals surface area contributed by atoms with Gasteiger partial charge in [0.25, 0.3) is 5.91 Å². The molecule has 10 heteroatoms. The third kappa shape index (κ3) is 6.45. The van der Waals surface area contributed by atoms with Gasteiger partial charge >= 0.3 is 0 Å². The zero-order valence-electron chi connectivity index (χ0n) is 21.8. The van der Waals surface area contributed by atoms with Gasteiger partial charge in [-0.15, -0.1) is 11.5 Å². The highest BCUT2D eigenvalue weighted by Gasteiger charge is 2.17. The van der Waals surface area contributed by atoms with Crippen LogP contribution < -0.4 is 5.32 Å². The fraction of sp³-hybridized carbons (Fsp3) is 0.286. The molecule has 3 heterocycles. The Kier molecular flexibility index (Phi) is 8.53. The van der Waals surface area contributed by atoms with Gasteiger partial charge in [0.2, 0.25) is 5.95 Å². The van der Waals surface area contributed by atoms with Crippen LogP contribution in [0.25, 0.3) is 22.6 Å². The van der Waals surface area contributed by atoms with Crippen molar-refractivity contribution in [3.05, 3.63) is 71.7 Å². The van der Waals surface area contributed by atoms with Crippen LogP contribution in [0.3, 0.4) is 0 Å². The fourth-order valence-corrected chi connectivity index (χ4v) is 3.98. The van der Waals surface area contributed by atoms with Crippen molar-refractivity contribution < 1.29 is 14.3 Å². The first-order valence-corrected chi connectivity index (χ1v) is 12.0. The van der Waals surface area contributed by atoms with Gasteiger partial charge in [0.1, 0.15) is 18.4 Å². The topological polar surface area (TPSA) is 117 Å². The molecule has 0 fully saturated rings. The highest BCUT2D eigenvalue weighted by atomic mass is 16.5. The molecule has 0 spiro atoms. The van der Waals surface area contributed by atoms with Crippen molar-refractivity contribution >= 4 is 11.9 Å². The lowest BCUT2D eigenvalue weighted by Gasteiger charge is -2.19. The lowest BCUT2D eigenvalue weighted by Crippen LogP contribution is -2.19. The first-order chi connectivity index (χ1) is 18.4. The highest BCUT2D eigenvalue weighted by Crippen LogP contribution is 2.26. The van der Waals surface area contributed by atoms with E-state index in [2.05, 4.69) is 45.4 Å². The molecule has 1 unspecified atom stereocenters. The Hall–Kier alpha value is -4.46. The van der Waals surface area contributed by atoms with E-state index in [1.165, 1.54) is 7.11 Å². The summed E-state index contributed by atoms with van der Waals surface area (Å²) in [5, 5.41) is 11.2. The number of ether oxygens (including phenoxy) is 2. The quantitative estimate of drug-likeness (QED) is 0.320. The third-order valence-electron chi connectivity index (χ3n) is 5.68. The second-order valence-electron chi connectivity index (χ2n) is 8.92. The normalized spacial score (nSPS) is 11.8. The molecular formula is C28H29N7O3. The van der Waals surface area contributed by atoms with Gasteiger partial charge in [-0.25, -0.2) is 14.6 Å². The third-order valence-corrected chi connectivity index (χ3v) is 5.68. The second-order valence-corrected chi connectivity index (χ2v) is 8.92. The Morgan fingerprint density at radius 2 is 1.84 bits per heavy atom. The Balaban J connectivity index is 1.65. The standard InChI is InChI=1S/C28H29N7O3/c1-6-19-9-7-10-20(13-19)23-14-24(31-28(30-23)32-26(36)17-37-4)25-16-35(34-33-25)15-21-11-8-12-22(29-21)27(38-5)18(2)3/h1,7-14,16,18,27H,15,17H2,2-5H3,(H,30,31,32,36). The van der Waals surface area contributed by atoms with Gasteiger partial charge in [-0.3, -0.25) is 15.1 Å². The molecule has 0 aliphatic heterocycles. The monoisotopic (exact) mass is 511 g/mol. The Labute approximate surface area is 221 Å². The van der Waals surface area contributed by atoms with Gasteiger partial charge in [-0.1, -0.05) is 43.2 Å². The van der Waals surface area contributed by atoms with Gasteiger partial charge in [-0.05, 0) is 36.2 Å². The predicted molar refractivity (Wildman–Crippen MR) is 143 cm³/mol. The Morgan fingerprint density at radius 1 is 1.05 bits per heavy atom. The average Bonchev–Trinajstić information content (AvgIpc) is 3.37. The zero-order valence-corrected chi connectivity index (χ0v) is 21.8. The Morgan fingerprint density at radius 3 is 2.58 bits per heavy atom. The summed E-state index contributed by atoms with van der Waals surface area (Å²) < 4.78 is 12.2. The number of nitrogens with one attached hydrogen (secondary N) is 1. The van der Waals surface area contributed by atoms with E-state index >= 15 is 0 Å². The number of hydrogen-bond donors (Lipinski definition) is 1. The Bertz CT molecular complexity index is 1460. The number of methoxy groups -OCH3 is 2. The number of terminal acetylenes is 1. The summed E-state index contributed by atoms with van der Waals surface area (Å²) >= 11 is 0. The van der Waals surface area contributed by atoms with E-state index in [1.54, 1.807) is 24.1 Å². The molecule has 3 aromatic heterocycles. The maximum absolute atomic E-state index is 12.2. The van der Waals surface area contributed by atoms with E-state index in [1.807, 2.05) is 42.5 Å².